The number of halogens is 1. The molecule has 2 aromatic rings. The van der Waals surface area contributed by atoms with Crippen LogP contribution in [0.2, 0.25) is 0 Å². The van der Waals surface area contributed by atoms with Crippen molar-refractivity contribution in [3.8, 4) is 0 Å². The molecule has 0 unspecified atom stereocenters. The molecule has 1 aromatic heterocycles. The zero-order valence-electron chi connectivity index (χ0n) is 13.7. The molecular weight excluding hydrogens is 341 g/mol. The molecule has 6 nitrogen and oxygen atoms in total. The van der Waals surface area contributed by atoms with Gasteiger partial charge in [0.05, 0.1) is 18.4 Å². The minimum Gasteiger partial charge on any atom is -0.459 e. The summed E-state index contributed by atoms with van der Waals surface area (Å²) in [7, 11) is 0. The van der Waals surface area contributed by atoms with Gasteiger partial charge in [-0.15, -0.1) is 0 Å². The molecule has 1 fully saturated rings. The van der Waals surface area contributed by atoms with Crippen molar-refractivity contribution in [1.82, 2.24) is 10.3 Å². The molecule has 2 heterocycles. The molecule has 0 spiro atoms. The lowest BCUT2D eigenvalue weighted by atomic mass is 10.2. The van der Waals surface area contributed by atoms with E-state index in [9.17, 15) is 4.39 Å². The first-order chi connectivity index (χ1) is 12.1. The smallest absolute Gasteiger partial charge is 0.184 e. The minimum atomic E-state index is -0.170. The first-order valence-corrected chi connectivity index (χ1v) is 8.42. The van der Waals surface area contributed by atoms with Crippen molar-refractivity contribution in [2.75, 3.05) is 31.1 Å². The molecule has 132 valence electrons. The fourth-order valence-corrected chi connectivity index (χ4v) is 2.84. The maximum Gasteiger partial charge on any atom is 0.184 e. The lowest BCUT2D eigenvalue weighted by Gasteiger charge is -2.35. The number of nitrogens with two attached hydrogens (primary N) is 1. The lowest BCUT2D eigenvalue weighted by molar-refractivity contribution is 0.230. The van der Waals surface area contributed by atoms with E-state index in [1.165, 1.54) is 12.3 Å². The molecule has 0 bridgehead atoms. The van der Waals surface area contributed by atoms with Crippen LogP contribution >= 0.6 is 12.2 Å². The predicted octanol–water partition coefficient (Wildman–Crippen LogP) is 1.91. The van der Waals surface area contributed by atoms with E-state index in [2.05, 4.69) is 32.5 Å². The topological polar surface area (TPSA) is 70.0 Å². The van der Waals surface area contributed by atoms with E-state index in [0.29, 0.717) is 18.0 Å². The van der Waals surface area contributed by atoms with E-state index in [1.807, 2.05) is 24.3 Å². The number of thiocarbonyl (C=S) groups is 1. The Hall–Kier alpha value is -2.45. The Morgan fingerprint density at radius 1 is 1.24 bits per heavy atom. The molecular formula is C17H20FN5OS. The van der Waals surface area contributed by atoms with E-state index < -0.39 is 0 Å². The Morgan fingerprint density at radius 3 is 2.72 bits per heavy atom. The summed E-state index contributed by atoms with van der Waals surface area (Å²) in [6.07, 6.45) is 1.53. The normalized spacial score (nSPS) is 15.6. The molecule has 3 rings (SSSR count). The Balaban J connectivity index is 1.51. The number of rotatable bonds is 5. The number of para-hydroxylation sites is 1. The average Bonchev–Trinajstić information content (AvgIpc) is 3.03. The van der Waals surface area contributed by atoms with Crippen molar-refractivity contribution in [3.05, 3.63) is 53.7 Å². The summed E-state index contributed by atoms with van der Waals surface area (Å²) in [5.74, 6) is 1.32. The molecule has 1 aromatic carbocycles. The van der Waals surface area contributed by atoms with Crippen LogP contribution in [0.1, 0.15) is 11.5 Å². The number of benzene rings is 1. The molecule has 0 radical (unpaired) electrons. The van der Waals surface area contributed by atoms with Crippen molar-refractivity contribution in [2.45, 2.75) is 6.54 Å². The Bertz CT molecular complexity index is 755. The molecule has 0 aliphatic carbocycles. The maximum absolute atomic E-state index is 13.9. The number of furan rings is 1. The zero-order valence-corrected chi connectivity index (χ0v) is 14.5. The lowest BCUT2D eigenvalue weighted by Crippen LogP contribution is -2.46. The van der Waals surface area contributed by atoms with Crippen molar-refractivity contribution in [1.29, 1.82) is 0 Å². The van der Waals surface area contributed by atoms with Gasteiger partial charge >= 0.3 is 0 Å². The van der Waals surface area contributed by atoms with Crippen molar-refractivity contribution in [3.63, 3.8) is 0 Å². The molecule has 0 amide bonds. The quantitative estimate of drug-likeness (QED) is 0.482. The summed E-state index contributed by atoms with van der Waals surface area (Å²) in [6, 6.07) is 10.7. The van der Waals surface area contributed by atoms with Crippen LogP contribution in [0.5, 0.6) is 0 Å². The summed E-state index contributed by atoms with van der Waals surface area (Å²) in [4.78, 5) is 4.36. The molecule has 0 atom stereocenters. The summed E-state index contributed by atoms with van der Waals surface area (Å²) in [6.45, 7) is 3.98. The van der Waals surface area contributed by atoms with Gasteiger partial charge in [-0.25, -0.2) is 4.39 Å². The number of nitrogens with one attached hydrogen (secondary N) is 1. The third-order valence-corrected chi connectivity index (χ3v) is 4.09. The Labute approximate surface area is 151 Å². The zero-order chi connectivity index (χ0) is 17.6. The number of nitrogens with zero attached hydrogens (tertiary/aromatic N) is 3. The number of anilines is 1. The molecule has 1 aliphatic heterocycles. The molecule has 0 saturated carbocycles. The molecule has 25 heavy (non-hydrogen) atoms. The van der Waals surface area contributed by atoms with E-state index >= 15 is 0 Å². The van der Waals surface area contributed by atoms with Gasteiger partial charge in [0.15, 0.2) is 5.11 Å². The second kappa shape index (κ2) is 8.09. The van der Waals surface area contributed by atoms with Crippen LogP contribution in [0.3, 0.4) is 0 Å². The van der Waals surface area contributed by atoms with Gasteiger partial charge in [0.2, 0.25) is 0 Å². The summed E-state index contributed by atoms with van der Waals surface area (Å²) in [5.41, 5.74) is 8.44. The fraction of sp³-hybridized carbons (Fsp3) is 0.294. The second-order valence-electron chi connectivity index (χ2n) is 5.75. The largest absolute Gasteiger partial charge is 0.459 e. The predicted molar refractivity (Wildman–Crippen MR) is 100 cm³/mol. The van der Waals surface area contributed by atoms with Crippen LogP contribution in [-0.4, -0.2) is 42.4 Å². The first-order valence-electron chi connectivity index (χ1n) is 8.01. The highest BCUT2D eigenvalue weighted by Crippen LogP contribution is 2.21. The van der Waals surface area contributed by atoms with Crippen LogP contribution < -0.4 is 16.1 Å². The van der Waals surface area contributed by atoms with Crippen LogP contribution in [0.4, 0.5) is 10.1 Å². The van der Waals surface area contributed by atoms with Gasteiger partial charge in [0, 0.05) is 26.2 Å². The third kappa shape index (κ3) is 4.77. The van der Waals surface area contributed by atoms with Gasteiger partial charge in [-0.3, -0.25) is 10.3 Å². The minimum absolute atomic E-state index is 0.107. The van der Waals surface area contributed by atoms with Gasteiger partial charge in [-0.2, -0.15) is 5.10 Å². The third-order valence-electron chi connectivity index (χ3n) is 3.99. The van der Waals surface area contributed by atoms with Crippen LogP contribution in [0.25, 0.3) is 0 Å². The van der Waals surface area contributed by atoms with Gasteiger partial charge in [0.25, 0.3) is 0 Å². The monoisotopic (exact) mass is 361 g/mol. The summed E-state index contributed by atoms with van der Waals surface area (Å²) < 4.78 is 19.6. The van der Waals surface area contributed by atoms with E-state index in [1.54, 1.807) is 6.07 Å². The number of hydrazone groups is 1. The van der Waals surface area contributed by atoms with Crippen LogP contribution in [0, 0.1) is 5.82 Å². The first kappa shape index (κ1) is 17.4. The highest BCUT2D eigenvalue weighted by atomic mass is 32.1. The van der Waals surface area contributed by atoms with Gasteiger partial charge in [-0.05, 0) is 36.5 Å². The summed E-state index contributed by atoms with van der Waals surface area (Å²) in [5, 5.41) is 3.97. The van der Waals surface area contributed by atoms with Crippen LogP contribution in [-0.2, 0) is 6.54 Å². The number of hydrogen-bond donors (Lipinski definition) is 2. The maximum atomic E-state index is 13.9. The Morgan fingerprint density at radius 2 is 2.00 bits per heavy atom. The highest BCUT2D eigenvalue weighted by molar-refractivity contribution is 7.80. The van der Waals surface area contributed by atoms with E-state index in [0.717, 1.165) is 31.9 Å². The van der Waals surface area contributed by atoms with Crippen molar-refractivity contribution < 1.29 is 8.81 Å². The molecule has 1 saturated heterocycles. The van der Waals surface area contributed by atoms with E-state index in [4.69, 9.17) is 10.2 Å². The van der Waals surface area contributed by atoms with Gasteiger partial charge in [-0.1, -0.05) is 12.1 Å². The van der Waals surface area contributed by atoms with Crippen molar-refractivity contribution in [2.24, 2.45) is 10.8 Å². The molecule has 1 aliphatic rings. The fourth-order valence-electron chi connectivity index (χ4n) is 2.78. The molecule has 3 N–H and O–H groups in total. The standard InChI is InChI=1S/C17H20FN5OS/c18-15-3-1-2-4-16(15)23-9-7-22(8-10-23)12-14-6-5-13(24-14)11-20-21-17(19)25/h1-6,11H,7-10,12H2,(H3,19,21,25)/b20-11+. The van der Waals surface area contributed by atoms with Gasteiger partial charge < -0.3 is 15.1 Å². The SMILES string of the molecule is NC(=S)N/N=C/c1ccc(CN2CCN(c3ccccc3F)CC2)o1. The Kier molecular flexibility index (Phi) is 5.62. The number of hydrogen-bond acceptors (Lipinski definition) is 5. The number of piperazine rings is 1. The second-order valence-corrected chi connectivity index (χ2v) is 6.19. The van der Waals surface area contributed by atoms with E-state index in [-0.39, 0.29) is 10.9 Å². The summed E-state index contributed by atoms with van der Waals surface area (Å²) >= 11 is 4.67. The van der Waals surface area contributed by atoms with Crippen molar-refractivity contribution >= 4 is 29.2 Å². The highest BCUT2D eigenvalue weighted by Gasteiger charge is 2.20. The molecule has 8 heteroatoms. The van der Waals surface area contributed by atoms with Crippen LogP contribution in [0.15, 0.2) is 45.9 Å². The van der Waals surface area contributed by atoms with Gasteiger partial charge in [0.1, 0.15) is 17.3 Å². The average molecular weight is 361 g/mol.